The highest BCUT2D eigenvalue weighted by molar-refractivity contribution is 7.90. The fourth-order valence-electron chi connectivity index (χ4n) is 3.03. The number of halogens is 1. The summed E-state index contributed by atoms with van der Waals surface area (Å²) in [5, 5.41) is -1.57. The van der Waals surface area contributed by atoms with Crippen molar-refractivity contribution in [3.8, 4) is 0 Å². The van der Waals surface area contributed by atoms with Crippen LogP contribution in [0.3, 0.4) is 0 Å². The van der Waals surface area contributed by atoms with Gasteiger partial charge in [0, 0.05) is 30.4 Å². The maximum absolute atomic E-state index is 13.5. The number of hydrogen-bond acceptors (Lipinski definition) is 6. The Labute approximate surface area is 167 Å². The highest BCUT2D eigenvalue weighted by atomic mass is 35.5. The molecule has 28 heavy (non-hydrogen) atoms. The lowest BCUT2D eigenvalue weighted by molar-refractivity contribution is 0.104. The topological polar surface area (TPSA) is 98.8 Å². The molecule has 1 aliphatic rings. The summed E-state index contributed by atoms with van der Waals surface area (Å²) in [6.07, 6.45) is 2.36. The number of benzene rings is 2. The van der Waals surface area contributed by atoms with E-state index in [-0.39, 0.29) is 21.8 Å². The number of allylic oxidation sites excluding steroid dienone is 1. The van der Waals surface area contributed by atoms with Crippen LogP contribution in [-0.2, 0) is 28.9 Å². The maximum Gasteiger partial charge on any atom is 0.359 e. The van der Waals surface area contributed by atoms with E-state index in [1.54, 1.807) is 12.1 Å². The SMILES string of the molecule is COP(=O)(OC)C1(NS(=O)(=O)c2ccc(Cl)cc2)C=CC(=O)c2ccccc21. The minimum atomic E-state index is -4.20. The van der Waals surface area contributed by atoms with E-state index in [0.717, 1.165) is 20.3 Å². The van der Waals surface area contributed by atoms with Crippen LogP contribution >= 0.6 is 19.2 Å². The summed E-state index contributed by atoms with van der Waals surface area (Å²) in [6, 6.07) is 11.7. The van der Waals surface area contributed by atoms with Crippen LogP contribution in [0.4, 0.5) is 0 Å². The summed E-state index contributed by atoms with van der Waals surface area (Å²) in [5.74, 6) is -0.351. The van der Waals surface area contributed by atoms with Crippen LogP contribution in [0.2, 0.25) is 5.02 Å². The van der Waals surface area contributed by atoms with Crippen molar-refractivity contribution in [2.45, 2.75) is 10.2 Å². The van der Waals surface area contributed by atoms with Gasteiger partial charge in [0.1, 0.15) is 0 Å². The van der Waals surface area contributed by atoms with E-state index in [4.69, 9.17) is 20.6 Å². The first kappa shape index (κ1) is 20.9. The second-order valence-corrected chi connectivity index (χ2v) is 10.5. The molecule has 1 N–H and O–H groups in total. The van der Waals surface area contributed by atoms with E-state index in [2.05, 4.69) is 4.72 Å². The molecule has 0 fully saturated rings. The second kappa shape index (κ2) is 7.55. The Balaban J connectivity index is 2.25. The summed E-state index contributed by atoms with van der Waals surface area (Å²) in [6.45, 7) is 0. The van der Waals surface area contributed by atoms with E-state index in [0.29, 0.717) is 5.02 Å². The van der Waals surface area contributed by atoms with Gasteiger partial charge in [0.25, 0.3) is 0 Å². The minimum Gasteiger partial charge on any atom is -0.310 e. The normalized spacial score (nSPS) is 19.5. The Hall–Kier alpha value is -1.80. The van der Waals surface area contributed by atoms with Gasteiger partial charge in [-0.1, -0.05) is 35.9 Å². The molecule has 0 aliphatic heterocycles. The van der Waals surface area contributed by atoms with Gasteiger partial charge in [-0.3, -0.25) is 9.36 Å². The van der Waals surface area contributed by atoms with E-state index in [1.165, 1.54) is 42.5 Å². The van der Waals surface area contributed by atoms with Crippen molar-refractivity contribution in [3.05, 3.63) is 76.8 Å². The van der Waals surface area contributed by atoms with Crippen molar-refractivity contribution < 1.29 is 26.8 Å². The number of sulfonamides is 1. The predicted molar refractivity (Wildman–Crippen MR) is 105 cm³/mol. The molecule has 0 heterocycles. The van der Waals surface area contributed by atoms with Crippen LogP contribution in [0.15, 0.2) is 65.6 Å². The number of hydrogen-bond donors (Lipinski definition) is 1. The number of fused-ring (bicyclic) bond motifs is 1. The summed E-state index contributed by atoms with van der Waals surface area (Å²) in [7, 11) is -6.03. The molecule has 0 bridgehead atoms. The highest BCUT2D eigenvalue weighted by Gasteiger charge is 2.55. The molecule has 1 unspecified atom stereocenters. The molecule has 0 spiro atoms. The van der Waals surface area contributed by atoms with E-state index >= 15 is 0 Å². The molecule has 3 rings (SSSR count). The summed E-state index contributed by atoms with van der Waals surface area (Å²) in [4.78, 5) is 12.2. The first-order valence-electron chi connectivity index (χ1n) is 8.03. The second-order valence-electron chi connectivity index (χ2n) is 5.93. The monoisotopic (exact) mass is 441 g/mol. The van der Waals surface area contributed by atoms with Crippen molar-refractivity contribution in [1.29, 1.82) is 0 Å². The zero-order valence-electron chi connectivity index (χ0n) is 15.0. The Bertz CT molecular complexity index is 1090. The van der Waals surface area contributed by atoms with Crippen molar-refractivity contribution in [2.24, 2.45) is 0 Å². The van der Waals surface area contributed by atoms with Gasteiger partial charge in [-0.15, -0.1) is 0 Å². The van der Waals surface area contributed by atoms with Gasteiger partial charge in [0.05, 0.1) is 4.90 Å². The van der Waals surface area contributed by atoms with Crippen LogP contribution in [-0.4, -0.2) is 28.4 Å². The zero-order valence-corrected chi connectivity index (χ0v) is 17.4. The summed E-state index contributed by atoms with van der Waals surface area (Å²) >= 11 is 5.83. The average Bonchev–Trinajstić information content (AvgIpc) is 2.70. The lowest BCUT2D eigenvalue weighted by atomic mass is 9.92. The van der Waals surface area contributed by atoms with Gasteiger partial charge >= 0.3 is 7.60 Å². The van der Waals surface area contributed by atoms with Crippen molar-refractivity contribution in [1.82, 2.24) is 4.72 Å². The fourth-order valence-corrected chi connectivity index (χ4v) is 6.64. The summed E-state index contributed by atoms with van der Waals surface area (Å²) in [5.41, 5.74) is 0.366. The van der Waals surface area contributed by atoms with Crippen LogP contribution < -0.4 is 4.72 Å². The molecule has 148 valence electrons. The number of rotatable bonds is 6. The highest BCUT2D eigenvalue weighted by Crippen LogP contribution is 2.65. The van der Waals surface area contributed by atoms with Gasteiger partial charge in [-0.2, -0.15) is 4.72 Å². The predicted octanol–water partition coefficient (Wildman–Crippen LogP) is 3.71. The maximum atomic E-state index is 13.5. The molecule has 0 aromatic heterocycles. The first-order valence-corrected chi connectivity index (χ1v) is 11.4. The van der Waals surface area contributed by atoms with Crippen molar-refractivity contribution >= 4 is 35.0 Å². The first-order chi connectivity index (χ1) is 13.2. The smallest absolute Gasteiger partial charge is 0.310 e. The van der Waals surface area contributed by atoms with Gasteiger partial charge in [0.2, 0.25) is 10.0 Å². The van der Waals surface area contributed by atoms with Crippen molar-refractivity contribution in [3.63, 3.8) is 0 Å². The van der Waals surface area contributed by atoms with Gasteiger partial charge in [0.15, 0.2) is 11.1 Å². The number of ketones is 1. The van der Waals surface area contributed by atoms with Crippen LogP contribution in [0, 0.1) is 0 Å². The van der Waals surface area contributed by atoms with E-state index < -0.39 is 22.9 Å². The number of carbonyl (C=O) groups is 1. The third kappa shape index (κ3) is 3.37. The minimum absolute atomic E-state index is 0.0992. The Morgan fingerprint density at radius 2 is 1.64 bits per heavy atom. The molecule has 1 atom stereocenters. The summed E-state index contributed by atoms with van der Waals surface area (Å²) < 4.78 is 52.4. The molecule has 10 heteroatoms. The fraction of sp³-hybridized carbons (Fsp3) is 0.167. The third-order valence-electron chi connectivity index (χ3n) is 4.41. The molecular weight excluding hydrogens is 425 g/mol. The molecule has 1 aliphatic carbocycles. The largest absolute Gasteiger partial charge is 0.359 e. The van der Waals surface area contributed by atoms with Crippen LogP contribution in [0.1, 0.15) is 15.9 Å². The molecule has 2 aromatic rings. The zero-order chi connectivity index (χ0) is 20.6. The Morgan fingerprint density at radius 1 is 1.04 bits per heavy atom. The molecule has 2 aromatic carbocycles. The molecule has 0 radical (unpaired) electrons. The van der Waals surface area contributed by atoms with Gasteiger partial charge in [-0.05, 0) is 36.4 Å². The Morgan fingerprint density at radius 3 is 2.25 bits per heavy atom. The van der Waals surface area contributed by atoms with E-state index in [9.17, 15) is 17.8 Å². The Kier molecular flexibility index (Phi) is 5.64. The molecule has 0 saturated carbocycles. The van der Waals surface area contributed by atoms with Crippen LogP contribution in [0.5, 0.6) is 0 Å². The van der Waals surface area contributed by atoms with E-state index in [1.807, 2.05) is 0 Å². The molecule has 0 amide bonds. The lowest BCUT2D eigenvalue weighted by Gasteiger charge is -2.38. The quantitative estimate of drug-likeness (QED) is 0.686. The van der Waals surface area contributed by atoms with Crippen molar-refractivity contribution in [2.75, 3.05) is 14.2 Å². The molecular formula is C18H17ClNO6PS. The number of carbonyl (C=O) groups excluding carboxylic acids is 1. The van der Waals surface area contributed by atoms with Gasteiger partial charge in [-0.25, -0.2) is 8.42 Å². The molecule has 0 saturated heterocycles. The number of nitrogens with one attached hydrogen (secondary N) is 1. The average molecular weight is 442 g/mol. The molecule has 7 nitrogen and oxygen atoms in total. The van der Waals surface area contributed by atoms with Gasteiger partial charge < -0.3 is 9.05 Å². The third-order valence-corrected chi connectivity index (χ3v) is 8.62. The lowest BCUT2D eigenvalue weighted by Crippen LogP contribution is -2.47. The standard InChI is InChI=1S/C18H17ClNO6PS/c1-25-27(22,26-2)18(12-11-17(21)15-5-3-4-6-16(15)18)20-28(23,24)14-9-7-13(19)8-10-14/h3-12,20H,1-2H3. The van der Waals surface area contributed by atoms with Crippen LogP contribution in [0.25, 0.3) is 0 Å².